The fourth-order valence-electron chi connectivity index (χ4n) is 2.36. The quantitative estimate of drug-likeness (QED) is 0.816. The minimum atomic E-state index is -1.73. The summed E-state index contributed by atoms with van der Waals surface area (Å²) in [4.78, 5) is 13.4. The number of carbonyl (C=O) groups excluding carboxylic acids is 1. The summed E-state index contributed by atoms with van der Waals surface area (Å²) in [5.41, 5.74) is -0.734. The molecule has 1 heterocycles. The maximum absolute atomic E-state index is 13.7. The van der Waals surface area contributed by atoms with Crippen LogP contribution in [0.15, 0.2) is 6.07 Å². The Hall–Kier alpha value is -1.76. The summed E-state index contributed by atoms with van der Waals surface area (Å²) < 4.78 is 39.9. The van der Waals surface area contributed by atoms with Crippen LogP contribution >= 0.6 is 0 Å². The van der Waals surface area contributed by atoms with Crippen molar-refractivity contribution in [3.8, 4) is 5.75 Å². The number of benzene rings is 1. The predicted octanol–water partition coefficient (Wildman–Crippen LogP) is 1.80. The number of amides is 1. The van der Waals surface area contributed by atoms with E-state index in [4.69, 9.17) is 5.11 Å². The van der Waals surface area contributed by atoms with Gasteiger partial charge in [-0.1, -0.05) is 0 Å². The molecule has 0 bridgehead atoms. The van der Waals surface area contributed by atoms with E-state index in [-0.39, 0.29) is 6.61 Å². The van der Waals surface area contributed by atoms with E-state index in [1.54, 1.807) is 0 Å². The van der Waals surface area contributed by atoms with Crippen molar-refractivity contribution in [2.75, 3.05) is 13.2 Å². The molecule has 7 heteroatoms. The Labute approximate surface area is 113 Å². The van der Waals surface area contributed by atoms with Crippen molar-refractivity contribution in [1.82, 2.24) is 4.90 Å². The second-order valence-corrected chi connectivity index (χ2v) is 4.71. The molecular formula is C13H14F3NO3. The Bertz CT molecular complexity index is 536. The number of hydrogen-bond acceptors (Lipinski definition) is 3. The van der Waals surface area contributed by atoms with Crippen molar-refractivity contribution < 1.29 is 28.2 Å². The first-order valence-corrected chi connectivity index (χ1v) is 6.25. The van der Waals surface area contributed by atoms with Crippen LogP contribution in [0.4, 0.5) is 13.2 Å². The van der Waals surface area contributed by atoms with Gasteiger partial charge >= 0.3 is 0 Å². The van der Waals surface area contributed by atoms with Gasteiger partial charge in [0.2, 0.25) is 5.82 Å². The summed E-state index contributed by atoms with van der Waals surface area (Å²) >= 11 is 0. The number of nitrogens with zero attached hydrogens (tertiary/aromatic N) is 1. The number of aliphatic hydroxyl groups excluding tert-OH is 1. The van der Waals surface area contributed by atoms with Gasteiger partial charge in [-0.25, -0.2) is 8.78 Å². The lowest BCUT2D eigenvalue weighted by atomic mass is 10.0. The average Bonchev–Trinajstić information content (AvgIpc) is 2.48. The number of rotatable bonds is 2. The second kappa shape index (κ2) is 5.70. The van der Waals surface area contributed by atoms with Crippen LogP contribution < -0.4 is 0 Å². The zero-order valence-electron chi connectivity index (χ0n) is 10.6. The Balaban J connectivity index is 2.38. The molecule has 0 radical (unpaired) electrons. The summed E-state index contributed by atoms with van der Waals surface area (Å²) in [5.74, 6) is -7.08. The number of halogens is 3. The van der Waals surface area contributed by atoms with Crippen LogP contribution in [0.5, 0.6) is 5.75 Å². The van der Waals surface area contributed by atoms with E-state index in [1.165, 1.54) is 4.90 Å². The van der Waals surface area contributed by atoms with E-state index < -0.39 is 40.7 Å². The smallest absolute Gasteiger partial charge is 0.257 e. The molecule has 2 N–H and O–H groups in total. The van der Waals surface area contributed by atoms with Crippen molar-refractivity contribution in [3.05, 3.63) is 29.1 Å². The van der Waals surface area contributed by atoms with E-state index in [0.717, 1.165) is 6.42 Å². The van der Waals surface area contributed by atoms with Gasteiger partial charge in [0.05, 0.1) is 18.2 Å². The highest BCUT2D eigenvalue weighted by atomic mass is 19.2. The highest BCUT2D eigenvalue weighted by Crippen LogP contribution is 2.28. The molecule has 1 unspecified atom stereocenters. The van der Waals surface area contributed by atoms with Crippen LogP contribution in [0.2, 0.25) is 0 Å². The third-order valence-corrected chi connectivity index (χ3v) is 3.46. The van der Waals surface area contributed by atoms with Gasteiger partial charge in [0.15, 0.2) is 17.4 Å². The maximum atomic E-state index is 13.7. The summed E-state index contributed by atoms with van der Waals surface area (Å²) in [6.45, 7) is 0.00623. The molecule has 110 valence electrons. The highest BCUT2D eigenvalue weighted by molar-refractivity contribution is 5.95. The molecule has 1 aromatic carbocycles. The van der Waals surface area contributed by atoms with Crippen LogP contribution in [-0.4, -0.2) is 40.2 Å². The number of piperidine rings is 1. The molecule has 1 aromatic rings. The lowest BCUT2D eigenvalue weighted by molar-refractivity contribution is 0.0497. The van der Waals surface area contributed by atoms with Gasteiger partial charge in [0.25, 0.3) is 5.91 Å². The normalized spacial score (nSPS) is 19.2. The third-order valence-electron chi connectivity index (χ3n) is 3.46. The van der Waals surface area contributed by atoms with E-state index in [1.807, 2.05) is 0 Å². The van der Waals surface area contributed by atoms with Gasteiger partial charge in [0.1, 0.15) is 0 Å². The molecule has 1 aliphatic rings. The first-order valence-electron chi connectivity index (χ1n) is 6.25. The summed E-state index contributed by atoms with van der Waals surface area (Å²) in [5, 5.41) is 18.3. The summed E-state index contributed by atoms with van der Waals surface area (Å²) in [7, 11) is 0. The molecule has 4 nitrogen and oxygen atoms in total. The maximum Gasteiger partial charge on any atom is 0.257 e. The lowest BCUT2D eigenvalue weighted by Crippen LogP contribution is -2.45. The van der Waals surface area contributed by atoms with Crippen molar-refractivity contribution in [2.45, 2.75) is 25.3 Å². The molecule has 0 aromatic heterocycles. The Morgan fingerprint density at radius 1 is 1.30 bits per heavy atom. The molecule has 0 spiro atoms. The number of aromatic hydroxyl groups is 1. The van der Waals surface area contributed by atoms with Crippen LogP contribution in [0.1, 0.15) is 29.6 Å². The van der Waals surface area contributed by atoms with Crippen molar-refractivity contribution >= 4 is 5.91 Å². The first-order chi connectivity index (χ1) is 9.47. The summed E-state index contributed by atoms with van der Waals surface area (Å²) in [6.07, 6.45) is 2.06. The van der Waals surface area contributed by atoms with Crippen LogP contribution in [0.25, 0.3) is 0 Å². The number of likely N-dealkylation sites (tertiary alicyclic amines) is 1. The topological polar surface area (TPSA) is 60.8 Å². The number of phenolic OH excluding ortho intramolecular Hbond substituents is 1. The molecule has 20 heavy (non-hydrogen) atoms. The van der Waals surface area contributed by atoms with Crippen LogP contribution in [0.3, 0.4) is 0 Å². The average molecular weight is 289 g/mol. The molecular weight excluding hydrogens is 275 g/mol. The van der Waals surface area contributed by atoms with Gasteiger partial charge in [-0.15, -0.1) is 0 Å². The van der Waals surface area contributed by atoms with Gasteiger partial charge in [-0.05, 0) is 25.3 Å². The Morgan fingerprint density at radius 2 is 2.00 bits per heavy atom. The summed E-state index contributed by atoms with van der Waals surface area (Å²) in [6, 6.07) is -0.0543. The minimum absolute atomic E-state index is 0.289. The number of carbonyl (C=O) groups is 1. The van der Waals surface area contributed by atoms with Crippen molar-refractivity contribution in [3.63, 3.8) is 0 Å². The van der Waals surface area contributed by atoms with E-state index in [9.17, 15) is 23.1 Å². The van der Waals surface area contributed by atoms with Crippen LogP contribution in [0, 0.1) is 17.5 Å². The molecule has 2 rings (SSSR count). The van der Waals surface area contributed by atoms with Gasteiger partial charge < -0.3 is 15.1 Å². The molecule has 1 amide bonds. The van der Waals surface area contributed by atoms with Crippen molar-refractivity contribution in [2.24, 2.45) is 0 Å². The first kappa shape index (κ1) is 14.6. The second-order valence-electron chi connectivity index (χ2n) is 4.71. The Morgan fingerprint density at radius 3 is 2.65 bits per heavy atom. The van der Waals surface area contributed by atoms with E-state index in [0.29, 0.717) is 25.5 Å². The fraction of sp³-hybridized carbons (Fsp3) is 0.462. The largest absolute Gasteiger partial charge is 0.503 e. The molecule has 1 saturated heterocycles. The molecule has 0 aliphatic carbocycles. The minimum Gasteiger partial charge on any atom is -0.503 e. The molecule has 1 atom stereocenters. The fourth-order valence-corrected chi connectivity index (χ4v) is 2.36. The third kappa shape index (κ3) is 2.45. The van der Waals surface area contributed by atoms with Gasteiger partial charge in [-0.2, -0.15) is 4.39 Å². The van der Waals surface area contributed by atoms with Gasteiger partial charge in [0, 0.05) is 6.54 Å². The molecule has 1 aliphatic heterocycles. The predicted molar refractivity (Wildman–Crippen MR) is 63.7 cm³/mol. The van der Waals surface area contributed by atoms with E-state index >= 15 is 0 Å². The van der Waals surface area contributed by atoms with E-state index in [2.05, 4.69) is 0 Å². The number of phenols is 1. The van der Waals surface area contributed by atoms with Crippen LogP contribution in [-0.2, 0) is 0 Å². The monoisotopic (exact) mass is 289 g/mol. The molecule has 1 fully saturated rings. The lowest BCUT2D eigenvalue weighted by Gasteiger charge is -2.34. The highest BCUT2D eigenvalue weighted by Gasteiger charge is 2.31. The molecule has 0 saturated carbocycles. The standard InChI is InChI=1S/C13H14F3NO3/c14-9-5-8(10(15)12(19)11(9)16)13(20)17-4-2-1-3-7(17)6-18/h5,7,18-19H,1-4,6H2. The van der Waals surface area contributed by atoms with Crippen molar-refractivity contribution in [1.29, 1.82) is 0 Å². The number of aliphatic hydroxyl groups is 1. The zero-order chi connectivity index (χ0) is 14.9. The number of hydrogen-bond donors (Lipinski definition) is 2. The SMILES string of the molecule is O=C(c1cc(F)c(F)c(O)c1F)N1CCCCC1CO. The Kier molecular flexibility index (Phi) is 4.17. The zero-order valence-corrected chi connectivity index (χ0v) is 10.6. The van der Waals surface area contributed by atoms with Gasteiger partial charge in [-0.3, -0.25) is 4.79 Å².